The summed E-state index contributed by atoms with van der Waals surface area (Å²) in [5.41, 5.74) is 1.70. The lowest BCUT2D eigenvalue weighted by atomic mass is 10.1. The van der Waals surface area contributed by atoms with E-state index in [0.717, 1.165) is 11.1 Å². The fourth-order valence-electron chi connectivity index (χ4n) is 2.50. The van der Waals surface area contributed by atoms with Gasteiger partial charge in [0, 0.05) is 22.7 Å². The molecule has 0 amide bonds. The van der Waals surface area contributed by atoms with E-state index in [-0.39, 0.29) is 16.8 Å². The smallest absolute Gasteiger partial charge is 0.344 e. The minimum atomic E-state index is -0.646. The van der Waals surface area contributed by atoms with E-state index in [2.05, 4.69) is 4.98 Å². The highest BCUT2D eigenvalue weighted by atomic mass is 16.6. The van der Waals surface area contributed by atoms with Gasteiger partial charge in [-0.15, -0.1) is 0 Å². The topological polar surface area (TPSA) is 82.3 Å². The van der Waals surface area contributed by atoms with Gasteiger partial charge in [-0.25, -0.2) is 9.78 Å². The normalized spacial score (nSPS) is 10.6. The molecule has 0 radical (unpaired) electrons. The van der Waals surface area contributed by atoms with Gasteiger partial charge in [0.25, 0.3) is 5.69 Å². The fraction of sp³-hybridized carbons (Fsp3) is 0.111. The standard InChI is InChI=1S/C18H14N2O4/c1-11-9-10-13-5-3-8-16(17(13)19-11)24-18(21)14-6-4-7-15(12(14)2)20(22)23/h3-10H,1-2H3. The highest BCUT2D eigenvalue weighted by Gasteiger charge is 2.20. The molecule has 0 N–H and O–H groups in total. The minimum Gasteiger partial charge on any atom is -0.421 e. The van der Waals surface area contributed by atoms with E-state index < -0.39 is 10.9 Å². The van der Waals surface area contributed by atoms with Crippen LogP contribution < -0.4 is 4.74 Å². The molecule has 1 heterocycles. The average Bonchev–Trinajstić information content (AvgIpc) is 2.55. The van der Waals surface area contributed by atoms with E-state index in [9.17, 15) is 14.9 Å². The van der Waals surface area contributed by atoms with Gasteiger partial charge in [-0.1, -0.05) is 24.3 Å². The van der Waals surface area contributed by atoms with Crippen LogP contribution in [0.4, 0.5) is 5.69 Å². The molecule has 6 nitrogen and oxygen atoms in total. The van der Waals surface area contributed by atoms with Crippen LogP contribution in [0.5, 0.6) is 5.75 Å². The number of hydrogen-bond acceptors (Lipinski definition) is 5. The van der Waals surface area contributed by atoms with Crippen molar-refractivity contribution in [2.45, 2.75) is 13.8 Å². The molecular formula is C18H14N2O4. The Morgan fingerprint density at radius 3 is 2.58 bits per heavy atom. The number of nitro benzene ring substituents is 1. The van der Waals surface area contributed by atoms with Crippen molar-refractivity contribution in [2.75, 3.05) is 0 Å². The summed E-state index contributed by atoms with van der Waals surface area (Å²) in [4.78, 5) is 27.4. The van der Waals surface area contributed by atoms with Gasteiger partial charge in [-0.3, -0.25) is 10.1 Å². The molecule has 0 atom stereocenters. The summed E-state index contributed by atoms with van der Waals surface area (Å²) in [5.74, 6) is -0.320. The van der Waals surface area contributed by atoms with Gasteiger partial charge >= 0.3 is 5.97 Å². The van der Waals surface area contributed by atoms with Crippen molar-refractivity contribution in [1.82, 2.24) is 4.98 Å². The molecule has 3 aromatic rings. The van der Waals surface area contributed by atoms with Crippen molar-refractivity contribution in [3.8, 4) is 5.75 Å². The molecule has 0 fully saturated rings. The van der Waals surface area contributed by atoms with Crippen LogP contribution in [-0.2, 0) is 0 Å². The number of esters is 1. The molecule has 0 unspecified atom stereocenters. The lowest BCUT2D eigenvalue weighted by Crippen LogP contribution is -2.11. The third-order valence-electron chi connectivity index (χ3n) is 3.75. The van der Waals surface area contributed by atoms with Gasteiger partial charge in [0.05, 0.1) is 10.5 Å². The molecule has 120 valence electrons. The van der Waals surface area contributed by atoms with Gasteiger partial charge in [0.1, 0.15) is 5.52 Å². The van der Waals surface area contributed by atoms with Crippen LogP contribution in [-0.4, -0.2) is 15.9 Å². The molecule has 0 aliphatic rings. The van der Waals surface area contributed by atoms with E-state index in [1.54, 1.807) is 12.1 Å². The van der Waals surface area contributed by atoms with Gasteiger partial charge in [0.15, 0.2) is 5.75 Å². The first-order valence-corrected chi connectivity index (χ1v) is 7.30. The Labute approximate surface area is 137 Å². The number of benzene rings is 2. The van der Waals surface area contributed by atoms with E-state index in [1.165, 1.54) is 25.1 Å². The second kappa shape index (κ2) is 6.08. The first kappa shape index (κ1) is 15.6. The average molecular weight is 322 g/mol. The van der Waals surface area contributed by atoms with E-state index in [0.29, 0.717) is 11.3 Å². The number of ether oxygens (including phenoxy) is 1. The van der Waals surface area contributed by atoms with Gasteiger partial charge in [-0.05, 0) is 32.0 Å². The van der Waals surface area contributed by atoms with Crippen LogP contribution in [0.3, 0.4) is 0 Å². The number of aromatic nitrogens is 1. The summed E-state index contributed by atoms with van der Waals surface area (Å²) < 4.78 is 5.46. The van der Waals surface area contributed by atoms with Crippen molar-refractivity contribution in [2.24, 2.45) is 0 Å². The minimum absolute atomic E-state index is 0.115. The maximum atomic E-state index is 12.5. The number of carbonyl (C=O) groups excluding carboxylic acids is 1. The first-order valence-electron chi connectivity index (χ1n) is 7.30. The SMILES string of the molecule is Cc1ccc2cccc(OC(=O)c3cccc([N+](=O)[O-])c3C)c2n1. The Hall–Kier alpha value is -3.28. The number of nitrogens with zero attached hydrogens (tertiary/aromatic N) is 2. The maximum Gasteiger partial charge on any atom is 0.344 e. The van der Waals surface area contributed by atoms with E-state index in [1.807, 2.05) is 25.1 Å². The molecule has 2 aromatic carbocycles. The molecule has 24 heavy (non-hydrogen) atoms. The molecule has 0 aliphatic carbocycles. The first-order chi connectivity index (χ1) is 11.5. The number of carbonyl (C=O) groups is 1. The molecule has 0 saturated carbocycles. The zero-order chi connectivity index (χ0) is 17.3. The Morgan fingerprint density at radius 2 is 1.83 bits per heavy atom. The summed E-state index contributed by atoms with van der Waals surface area (Å²) in [6, 6.07) is 13.4. The summed E-state index contributed by atoms with van der Waals surface area (Å²) in [6.07, 6.45) is 0. The van der Waals surface area contributed by atoms with Gasteiger partial charge in [0.2, 0.25) is 0 Å². The lowest BCUT2D eigenvalue weighted by molar-refractivity contribution is -0.385. The third kappa shape index (κ3) is 2.81. The highest BCUT2D eigenvalue weighted by molar-refractivity contribution is 5.96. The fourth-order valence-corrected chi connectivity index (χ4v) is 2.50. The van der Waals surface area contributed by atoms with Crippen LogP contribution in [0.2, 0.25) is 0 Å². The number of rotatable bonds is 3. The number of pyridine rings is 1. The van der Waals surface area contributed by atoms with Crippen LogP contribution in [0.25, 0.3) is 10.9 Å². The lowest BCUT2D eigenvalue weighted by Gasteiger charge is -2.09. The Balaban J connectivity index is 2.01. The molecule has 1 aromatic heterocycles. The second-order valence-electron chi connectivity index (χ2n) is 5.38. The molecule has 0 aliphatic heterocycles. The molecule has 0 bridgehead atoms. The maximum absolute atomic E-state index is 12.5. The van der Waals surface area contributed by atoms with Crippen LogP contribution >= 0.6 is 0 Å². The third-order valence-corrected chi connectivity index (χ3v) is 3.75. The Bertz CT molecular complexity index is 966. The predicted molar refractivity (Wildman–Crippen MR) is 89.3 cm³/mol. The highest BCUT2D eigenvalue weighted by Crippen LogP contribution is 2.27. The largest absolute Gasteiger partial charge is 0.421 e. The molecule has 3 rings (SSSR count). The van der Waals surface area contributed by atoms with Crippen LogP contribution in [0.1, 0.15) is 21.6 Å². The van der Waals surface area contributed by atoms with Crippen molar-refractivity contribution < 1.29 is 14.5 Å². The Kier molecular flexibility index (Phi) is 3.95. The van der Waals surface area contributed by atoms with E-state index >= 15 is 0 Å². The molecule has 0 saturated heterocycles. The summed E-state index contributed by atoms with van der Waals surface area (Å²) in [5, 5.41) is 11.9. The quantitative estimate of drug-likeness (QED) is 0.315. The van der Waals surface area contributed by atoms with Crippen molar-refractivity contribution in [3.05, 3.63) is 75.5 Å². The molecular weight excluding hydrogens is 308 g/mol. The molecule has 6 heteroatoms. The van der Waals surface area contributed by atoms with E-state index in [4.69, 9.17) is 4.74 Å². The summed E-state index contributed by atoms with van der Waals surface area (Å²) >= 11 is 0. The van der Waals surface area contributed by atoms with Crippen molar-refractivity contribution in [1.29, 1.82) is 0 Å². The monoisotopic (exact) mass is 322 g/mol. The molecule has 0 spiro atoms. The Morgan fingerprint density at radius 1 is 1.08 bits per heavy atom. The number of fused-ring (bicyclic) bond motifs is 1. The summed E-state index contributed by atoms with van der Waals surface area (Å²) in [6.45, 7) is 3.38. The number of aryl methyl sites for hydroxylation is 1. The van der Waals surface area contributed by atoms with Crippen LogP contribution in [0.15, 0.2) is 48.5 Å². The second-order valence-corrected chi connectivity index (χ2v) is 5.38. The number of nitro groups is 1. The number of para-hydroxylation sites is 1. The zero-order valence-electron chi connectivity index (χ0n) is 13.1. The number of hydrogen-bond donors (Lipinski definition) is 0. The zero-order valence-corrected chi connectivity index (χ0v) is 13.1. The van der Waals surface area contributed by atoms with Gasteiger partial charge < -0.3 is 4.74 Å². The van der Waals surface area contributed by atoms with Gasteiger partial charge in [-0.2, -0.15) is 0 Å². The van der Waals surface area contributed by atoms with Crippen molar-refractivity contribution >= 4 is 22.6 Å². The summed E-state index contributed by atoms with van der Waals surface area (Å²) in [7, 11) is 0. The predicted octanol–water partition coefficient (Wildman–Crippen LogP) is 3.98. The van der Waals surface area contributed by atoms with Crippen LogP contribution in [0, 0.1) is 24.0 Å². The van der Waals surface area contributed by atoms with Crippen molar-refractivity contribution in [3.63, 3.8) is 0 Å².